The first-order chi connectivity index (χ1) is 14.5. The SMILES string of the molecule is CC(C)C(=O)N1CCN(C(=O)C2CCCCC2C(=O)N2CCc3ccccc32)CC1. The van der Waals surface area contributed by atoms with Crippen molar-refractivity contribution < 1.29 is 14.4 Å². The predicted octanol–water partition coefficient (Wildman–Crippen LogP) is 2.71. The number of nitrogens with zero attached hydrogens (tertiary/aromatic N) is 3. The monoisotopic (exact) mass is 411 g/mol. The van der Waals surface area contributed by atoms with Crippen molar-refractivity contribution in [3.8, 4) is 0 Å². The zero-order chi connectivity index (χ0) is 21.3. The molecule has 1 aromatic rings. The van der Waals surface area contributed by atoms with Crippen LogP contribution in [-0.4, -0.2) is 60.2 Å². The zero-order valence-corrected chi connectivity index (χ0v) is 18.2. The van der Waals surface area contributed by atoms with Gasteiger partial charge in [-0.1, -0.05) is 44.9 Å². The molecule has 162 valence electrons. The Kier molecular flexibility index (Phi) is 6.11. The Balaban J connectivity index is 1.43. The summed E-state index contributed by atoms with van der Waals surface area (Å²) in [6, 6.07) is 8.10. The molecule has 6 heteroatoms. The molecule has 2 heterocycles. The van der Waals surface area contributed by atoms with Crippen molar-refractivity contribution in [2.75, 3.05) is 37.6 Å². The maximum atomic E-state index is 13.5. The van der Waals surface area contributed by atoms with Crippen LogP contribution in [0.1, 0.15) is 45.1 Å². The van der Waals surface area contributed by atoms with E-state index in [1.807, 2.05) is 46.7 Å². The average Bonchev–Trinajstić information content (AvgIpc) is 3.22. The summed E-state index contributed by atoms with van der Waals surface area (Å²) in [7, 11) is 0. The number of para-hydroxylation sites is 1. The van der Waals surface area contributed by atoms with Crippen molar-refractivity contribution in [3.05, 3.63) is 29.8 Å². The van der Waals surface area contributed by atoms with E-state index < -0.39 is 0 Å². The zero-order valence-electron chi connectivity index (χ0n) is 18.2. The fraction of sp³-hybridized carbons (Fsp3) is 0.625. The van der Waals surface area contributed by atoms with Crippen LogP contribution in [0.5, 0.6) is 0 Å². The minimum absolute atomic E-state index is 0.0177. The van der Waals surface area contributed by atoms with E-state index in [0.29, 0.717) is 32.7 Å². The Bertz CT molecular complexity index is 814. The van der Waals surface area contributed by atoms with Crippen LogP contribution in [0.3, 0.4) is 0 Å². The van der Waals surface area contributed by atoms with Gasteiger partial charge in [-0.05, 0) is 30.9 Å². The summed E-state index contributed by atoms with van der Waals surface area (Å²) in [5.41, 5.74) is 2.23. The van der Waals surface area contributed by atoms with Crippen LogP contribution in [0.4, 0.5) is 5.69 Å². The van der Waals surface area contributed by atoms with Gasteiger partial charge in [0.1, 0.15) is 0 Å². The van der Waals surface area contributed by atoms with Crippen LogP contribution >= 0.6 is 0 Å². The topological polar surface area (TPSA) is 60.9 Å². The molecular weight excluding hydrogens is 378 g/mol. The van der Waals surface area contributed by atoms with E-state index in [1.54, 1.807) is 0 Å². The van der Waals surface area contributed by atoms with E-state index >= 15 is 0 Å². The van der Waals surface area contributed by atoms with Crippen molar-refractivity contribution in [3.63, 3.8) is 0 Å². The molecule has 2 atom stereocenters. The molecule has 0 N–H and O–H groups in total. The van der Waals surface area contributed by atoms with Gasteiger partial charge in [0.05, 0.1) is 5.92 Å². The molecule has 0 aromatic heterocycles. The van der Waals surface area contributed by atoms with E-state index in [0.717, 1.165) is 37.8 Å². The van der Waals surface area contributed by atoms with Gasteiger partial charge < -0.3 is 14.7 Å². The van der Waals surface area contributed by atoms with Gasteiger partial charge >= 0.3 is 0 Å². The number of carbonyl (C=O) groups is 3. The molecule has 1 aliphatic carbocycles. The van der Waals surface area contributed by atoms with Crippen molar-refractivity contribution in [1.29, 1.82) is 0 Å². The quantitative estimate of drug-likeness (QED) is 0.768. The number of benzene rings is 1. The van der Waals surface area contributed by atoms with E-state index in [9.17, 15) is 14.4 Å². The van der Waals surface area contributed by atoms with Gasteiger partial charge in [-0.15, -0.1) is 0 Å². The first kappa shape index (κ1) is 20.9. The number of carbonyl (C=O) groups excluding carboxylic acids is 3. The molecule has 0 spiro atoms. The van der Waals surface area contributed by atoms with Crippen molar-refractivity contribution in [2.45, 2.75) is 46.0 Å². The van der Waals surface area contributed by atoms with Crippen LogP contribution in [0.25, 0.3) is 0 Å². The Morgan fingerprint density at radius 2 is 1.43 bits per heavy atom. The average molecular weight is 412 g/mol. The van der Waals surface area contributed by atoms with Crippen LogP contribution < -0.4 is 4.90 Å². The molecule has 1 saturated carbocycles. The molecule has 3 aliphatic rings. The number of hydrogen-bond acceptors (Lipinski definition) is 3. The predicted molar refractivity (Wildman–Crippen MR) is 116 cm³/mol. The fourth-order valence-electron chi connectivity index (χ4n) is 5.24. The van der Waals surface area contributed by atoms with Crippen LogP contribution in [0, 0.1) is 17.8 Å². The Labute approximate surface area is 179 Å². The molecule has 4 rings (SSSR count). The highest BCUT2D eigenvalue weighted by Gasteiger charge is 2.41. The highest BCUT2D eigenvalue weighted by Crippen LogP contribution is 2.36. The summed E-state index contributed by atoms with van der Waals surface area (Å²) in [6.45, 7) is 6.86. The Morgan fingerprint density at radius 3 is 2.10 bits per heavy atom. The summed E-state index contributed by atoms with van der Waals surface area (Å²) in [6.07, 6.45) is 4.48. The molecule has 6 nitrogen and oxygen atoms in total. The van der Waals surface area contributed by atoms with Gasteiger partial charge in [0, 0.05) is 50.2 Å². The van der Waals surface area contributed by atoms with Gasteiger partial charge in [0.2, 0.25) is 17.7 Å². The standard InChI is InChI=1S/C24H33N3O3/c1-17(2)22(28)25-13-15-26(16-14-25)23(29)19-8-4-5-9-20(19)24(30)27-12-11-18-7-3-6-10-21(18)27/h3,6-7,10,17,19-20H,4-5,8-9,11-16H2,1-2H3. The number of hydrogen-bond donors (Lipinski definition) is 0. The number of fused-ring (bicyclic) bond motifs is 1. The largest absolute Gasteiger partial charge is 0.339 e. The fourth-order valence-corrected chi connectivity index (χ4v) is 5.24. The molecular formula is C24H33N3O3. The number of anilines is 1. The molecule has 2 aliphatic heterocycles. The summed E-state index contributed by atoms with van der Waals surface area (Å²) >= 11 is 0. The van der Waals surface area contributed by atoms with Gasteiger partial charge in [-0.25, -0.2) is 0 Å². The molecule has 0 radical (unpaired) electrons. The minimum atomic E-state index is -0.230. The first-order valence-electron chi connectivity index (χ1n) is 11.4. The lowest BCUT2D eigenvalue weighted by Crippen LogP contribution is -2.54. The third-order valence-corrected chi connectivity index (χ3v) is 6.95. The highest BCUT2D eigenvalue weighted by atomic mass is 16.2. The maximum absolute atomic E-state index is 13.5. The molecule has 1 saturated heterocycles. The van der Waals surface area contributed by atoms with E-state index in [2.05, 4.69) is 6.07 Å². The van der Waals surface area contributed by atoms with E-state index in [4.69, 9.17) is 0 Å². The maximum Gasteiger partial charge on any atom is 0.230 e. The molecule has 2 unspecified atom stereocenters. The molecule has 30 heavy (non-hydrogen) atoms. The van der Waals surface area contributed by atoms with E-state index in [-0.39, 0.29) is 35.5 Å². The molecule has 0 bridgehead atoms. The first-order valence-corrected chi connectivity index (χ1v) is 11.4. The summed E-state index contributed by atoms with van der Waals surface area (Å²) in [5, 5.41) is 0. The molecule has 1 aromatic carbocycles. The molecule has 3 amide bonds. The van der Waals surface area contributed by atoms with Crippen molar-refractivity contribution in [1.82, 2.24) is 9.80 Å². The Morgan fingerprint density at radius 1 is 0.833 bits per heavy atom. The lowest BCUT2D eigenvalue weighted by Gasteiger charge is -2.40. The molecule has 2 fully saturated rings. The van der Waals surface area contributed by atoms with Crippen LogP contribution in [-0.2, 0) is 20.8 Å². The number of amides is 3. The summed E-state index contributed by atoms with van der Waals surface area (Å²) in [4.78, 5) is 44.8. The van der Waals surface area contributed by atoms with Crippen LogP contribution in [0.2, 0.25) is 0 Å². The summed E-state index contributed by atoms with van der Waals surface area (Å²) in [5.74, 6) is -0.0978. The number of rotatable bonds is 3. The van der Waals surface area contributed by atoms with Crippen LogP contribution in [0.15, 0.2) is 24.3 Å². The third kappa shape index (κ3) is 3.96. The lowest BCUT2D eigenvalue weighted by molar-refractivity contribution is -0.147. The minimum Gasteiger partial charge on any atom is -0.339 e. The number of piperazine rings is 1. The van der Waals surface area contributed by atoms with Gasteiger partial charge in [-0.2, -0.15) is 0 Å². The Hall–Kier alpha value is -2.37. The van der Waals surface area contributed by atoms with Gasteiger partial charge in [0.25, 0.3) is 0 Å². The van der Waals surface area contributed by atoms with Gasteiger partial charge in [-0.3, -0.25) is 14.4 Å². The lowest BCUT2D eigenvalue weighted by atomic mass is 9.77. The normalized spacial score (nSPS) is 24.2. The summed E-state index contributed by atoms with van der Waals surface area (Å²) < 4.78 is 0. The second-order valence-electron chi connectivity index (χ2n) is 9.17. The second-order valence-corrected chi connectivity index (χ2v) is 9.17. The smallest absolute Gasteiger partial charge is 0.230 e. The highest BCUT2D eigenvalue weighted by molar-refractivity contribution is 5.99. The van der Waals surface area contributed by atoms with Crippen molar-refractivity contribution in [2.24, 2.45) is 17.8 Å². The third-order valence-electron chi connectivity index (χ3n) is 6.95. The second kappa shape index (κ2) is 8.78. The van der Waals surface area contributed by atoms with Gasteiger partial charge in [0.15, 0.2) is 0 Å². The van der Waals surface area contributed by atoms with Crippen molar-refractivity contribution >= 4 is 23.4 Å². The van der Waals surface area contributed by atoms with E-state index in [1.165, 1.54) is 5.56 Å².